The van der Waals surface area contributed by atoms with Crippen molar-refractivity contribution in [3.63, 3.8) is 0 Å². The minimum atomic E-state index is -0.250. The van der Waals surface area contributed by atoms with Crippen molar-refractivity contribution in [1.82, 2.24) is 14.1 Å². The van der Waals surface area contributed by atoms with Crippen LogP contribution in [0.25, 0.3) is 11.2 Å². The lowest BCUT2D eigenvalue weighted by Gasteiger charge is -2.26. The van der Waals surface area contributed by atoms with E-state index < -0.39 is 0 Å². The number of hydrogen-bond acceptors (Lipinski definition) is 3. The third-order valence-electron chi connectivity index (χ3n) is 6.42. The highest BCUT2D eigenvalue weighted by atomic mass is 16.2. The molecule has 1 aliphatic heterocycles. The molecular formula is C24H34N5O2+. The second-order valence-corrected chi connectivity index (χ2v) is 8.85. The molecule has 0 fully saturated rings. The molecule has 1 atom stereocenters. The molecule has 0 radical (unpaired) electrons. The molecule has 4 rings (SSSR count). The Morgan fingerprint density at radius 2 is 1.84 bits per heavy atom. The second kappa shape index (κ2) is 8.73. The van der Waals surface area contributed by atoms with Gasteiger partial charge >= 0.3 is 11.6 Å². The van der Waals surface area contributed by atoms with E-state index in [9.17, 15) is 9.59 Å². The van der Waals surface area contributed by atoms with Crippen LogP contribution in [-0.2, 0) is 26.6 Å². The summed E-state index contributed by atoms with van der Waals surface area (Å²) < 4.78 is 5.07. The van der Waals surface area contributed by atoms with Gasteiger partial charge in [-0.15, -0.1) is 0 Å². The number of rotatable bonds is 7. The molecular weight excluding hydrogens is 390 g/mol. The Morgan fingerprint density at radius 1 is 1.10 bits per heavy atom. The minimum absolute atomic E-state index is 0.188. The molecule has 0 unspecified atom stereocenters. The summed E-state index contributed by atoms with van der Waals surface area (Å²) in [6.45, 7) is 8.59. The highest BCUT2D eigenvalue weighted by Crippen LogP contribution is 2.28. The Balaban J connectivity index is 1.83. The number of fused-ring (bicyclic) bond motifs is 3. The lowest BCUT2D eigenvalue weighted by atomic mass is 10.1. The number of hydrogen-bond donors (Lipinski definition) is 1. The highest BCUT2D eigenvalue weighted by Gasteiger charge is 2.35. The van der Waals surface area contributed by atoms with E-state index in [2.05, 4.69) is 59.5 Å². The molecule has 3 aromatic rings. The van der Waals surface area contributed by atoms with Crippen molar-refractivity contribution in [3.8, 4) is 0 Å². The number of nitrogens with zero attached hydrogens (tertiary/aromatic N) is 4. The Labute approximate surface area is 182 Å². The van der Waals surface area contributed by atoms with Crippen LogP contribution in [0.3, 0.4) is 0 Å². The zero-order valence-corrected chi connectivity index (χ0v) is 19.1. The topological polar surface area (TPSA) is 66.9 Å². The molecule has 0 bridgehead atoms. The summed E-state index contributed by atoms with van der Waals surface area (Å²) >= 11 is 0. The van der Waals surface area contributed by atoms with E-state index in [4.69, 9.17) is 0 Å². The van der Waals surface area contributed by atoms with E-state index in [0.717, 1.165) is 56.8 Å². The van der Waals surface area contributed by atoms with Crippen LogP contribution in [0.5, 0.6) is 0 Å². The zero-order valence-electron chi connectivity index (χ0n) is 19.1. The molecule has 0 saturated carbocycles. The lowest BCUT2D eigenvalue weighted by molar-refractivity contribution is -0.669. The summed E-state index contributed by atoms with van der Waals surface area (Å²) in [5.41, 5.74) is 3.14. The number of benzene rings is 1. The Kier molecular flexibility index (Phi) is 6.03. The van der Waals surface area contributed by atoms with E-state index in [-0.39, 0.29) is 11.2 Å². The predicted molar refractivity (Wildman–Crippen MR) is 124 cm³/mol. The molecule has 3 heterocycles. The number of unbranched alkanes of at least 4 members (excludes halogenated alkanes) is 3. The summed E-state index contributed by atoms with van der Waals surface area (Å²) in [5.74, 6) is 1.24. The van der Waals surface area contributed by atoms with Crippen molar-refractivity contribution in [3.05, 3.63) is 50.7 Å². The van der Waals surface area contributed by atoms with Crippen LogP contribution in [0.1, 0.15) is 52.0 Å². The van der Waals surface area contributed by atoms with Gasteiger partial charge in [-0.25, -0.2) is 19.2 Å². The summed E-state index contributed by atoms with van der Waals surface area (Å²) in [5, 5.41) is 0. The van der Waals surface area contributed by atoms with Crippen molar-refractivity contribution in [2.24, 2.45) is 13.0 Å². The molecule has 1 aromatic carbocycles. The number of aryl methyl sites for hydroxylation is 2. The summed E-state index contributed by atoms with van der Waals surface area (Å²) in [4.78, 5) is 32.0. The second-order valence-electron chi connectivity index (χ2n) is 8.85. The predicted octanol–water partition coefficient (Wildman–Crippen LogP) is 3.25. The third-order valence-corrected chi connectivity index (χ3v) is 6.42. The average Bonchev–Trinajstić information content (AvgIpc) is 3.16. The highest BCUT2D eigenvalue weighted by molar-refractivity contribution is 5.70. The lowest BCUT2D eigenvalue weighted by Crippen LogP contribution is -2.52. The van der Waals surface area contributed by atoms with Gasteiger partial charge in [0, 0.05) is 19.5 Å². The molecule has 0 aliphatic carbocycles. The van der Waals surface area contributed by atoms with Gasteiger partial charge in [0.15, 0.2) is 0 Å². The number of aromatic amines is 1. The van der Waals surface area contributed by atoms with Gasteiger partial charge in [-0.2, -0.15) is 0 Å². The van der Waals surface area contributed by atoms with Gasteiger partial charge in [0.2, 0.25) is 11.2 Å². The largest absolute Gasteiger partial charge is 0.364 e. The molecule has 0 saturated heterocycles. The Bertz CT molecular complexity index is 1190. The van der Waals surface area contributed by atoms with Crippen LogP contribution in [0.2, 0.25) is 0 Å². The van der Waals surface area contributed by atoms with Crippen LogP contribution in [0.15, 0.2) is 33.9 Å². The average molecular weight is 425 g/mol. The summed E-state index contributed by atoms with van der Waals surface area (Å²) in [7, 11) is 1.75. The van der Waals surface area contributed by atoms with Crippen molar-refractivity contribution < 1.29 is 4.57 Å². The summed E-state index contributed by atoms with van der Waals surface area (Å²) in [6, 6.07) is 8.58. The normalized spacial score (nSPS) is 16.1. The minimum Gasteiger partial charge on any atom is -0.267 e. The molecule has 2 aromatic heterocycles. The van der Waals surface area contributed by atoms with Crippen molar-refractivity contribution in [1.29, 1.82) is 0 Å². The maximum absolute atomic E-state index is 13.4. The van der Waals surface area contributed by atoms with Gasteiger partial charge in [-0.1, -0.05) is 52.2 Å². The zero-order chi connectivity index (χ0) is 22.1. The van der Waals surface area contributed by atoms with E-state index in [1.54, 1.807) is 11.6 Å². The molecule has 1 aliphatic rings. The van der Waals surface area contributed by atoms with Gasteiger partial charge in [-0.05, 0) is 30.5 Å². The van der Waals surface area contributed by atoms with Crippen molar-refractivity contribution in [2.45, 2.75) is 66.0 Å². The number of anilines is 2. The maximum Gasteiger partial charge on any atom is 0.364 e. The molecule has 0 amide bonds. The molecule has 31 heavy (non-hydrogen) atoms. The first-order valence-corrected chi connectivity index (χ1v) is 11.6. The Hall–Kier alpha value is -2.83. The quantitative estimate of drug-likeness (QED) is 0.468. The number of aromatic nitrogens is 4. The van der Waals surface area contributed by atoms with Gasteiger partial charge in [0.25, 0.3) is 5.56 Å². The fourth-order valence-corrected chi connectivity index (χ4v) is 4.61. The van der Waals surface area contributed by atoms with Crippen LogP contribution >= 0.6 is 0 Å². The molecule has 7 heteroatoms. The van der Waals surface area contributed by atoms with Crippen molar-refractivity contribution in [2.75, 3.05) is 11.4 Å². The fourth-order valence-electron chi connectivity index (χ4n) is 4.61. The first kappa shape index (κ1) is 21.4. The SMILES string of the molecule is CCCCCCn1c(=O)c2c([nH]c3[n+]2C[C@H](C)CN3c2ccc(CC)cc2)n(C)c1=O. The van der Waals surface area contributed by atoms with Crippen molar-refractivity contribution >= 4 is 22.8 Å². The monoisotopic (exact) mass is 424 g/mol. The summed E-state index contributed by atoms with van der Waals surface area (Å²) in [6.07, 6.45) is 5.12. The van der Waals surface area contributed by atoms with Gasteiger partial charge in [-0.3, -0.25) is 13.9 Å². The molecule has 166 valence electrons. The number of imidazole rings is 1. The first-order chi connectivity index (χ1) is 15.0. The molecule has 1 N–H and O–H groups in total. The van der Waals surface area contributed by atoms with Crippen LogP contribution < -0.4 is 20.7 Å². The smallest absolute Gasteiger partial charge is 0.267 e. The van der Waals surface area contributed by atoms with Gasteiger partial charge in [0.05, 0.1) is 13.1 Å². The van der Waals surface area contributed by atoms with E-state index >= 15 is 0 Å². The fraction of sp³-hybridized carbons (Fsp3) is 0.542. The van der Waals surface area contributed by atoms with E-state index in [1.165, 1.54) is 10.1 Å². The first-order valence-electron chi connectivity index (χ1n) is 11.6. The third kappa shape index (κ3) is 3.82. The van der Waals surface area contributed by atoms with Crippen LogP contribution in [-0.4, -0.2) is 20.7 Å². The van der Waals surface area contributed by atoms with E-state index in [1.807, 2.05) is 0 Å². The number of nitrogens with one attached hydrogen (secondary N) is 1. The number of H-pyrrole nitrogens is 1. The maximum atomic E-state index is 13.4. The standard InChI is InChI=1S/C24H33N5O2/c1-5-7-8-9-14-27-22(30)20-21(26(4)24(27)31)25-23-28(15-17(3)16-29(20)23)19-12-10-18(6-2)11-13-19/h10-13,17H,5-9,14-16H2,1-4H3/p+1/t17-/m1/s1. The van der Waals surface area contributed by atoms with E-state index in [0.29, 0.717) is 23.6 Å². The molecule has 0 spiro atoms. The van der Waals surface area contributed by atoms with Gasteiger partial charge in [0.1, 0.15) is 5.69 Å². The molecule has 7 nitrogen and oxygen atoms in total. The van der Waals surface area contributed by atoms with Crippen LogP contribution in [0, 0.1) is 5.92 Å². The Morgan fingerprint density at radius 3 is 2.52 bits per heavy atom. The van der Waals surface area contributed by atoms with Crippen LogP contribution in [0.4, 0.5) is 11.6 Å². The van der Waals surface area contributed by atoms with Gasteiger partial charge < -0.3 is 0 Å².